The van der Waals surface area contributed by atoms with Crippen LogP contribution in [-0.2, 0) is 0 Å². The molecule has 0 heterocycles. The van der Waals surface area contributed by atoms with Gasteiger partial charge in [-0.25, -0.2) is 0 Å². The molecule has 0 aliphatic rings. The van der Waals surface area contributed by atoms with Crippen LogP contribution in [0.5, 0.6) is 0 Å². The summed E-state index contributed by atoms with van der Waals surface area (Å²) >= 11 is 0. The lowest BCUT2D eigenvalue weighted by Crippen LogP contribution is -2.46. The molecule has 0 aliphatic heterocycles. The first-order chi connectivity index (χ1) is 7.88. The van der Waals surface area contributed by atoms with E-state index in [9.17, 15) is 0 Å². The lowest BCUT2D eigenvalue weighted by atomic mass is 10.2. The van der Waals surface area contributed by atoms with Crippen LogP contribution in [0.4, 0.5) is 0 Å². The summed E-state index contributed by atoms with van der Waals surface area (Å²) in [4.78, 5) is 6.66. The van der Waals surface area contributed by atoms with Crippen molar-refractivity contribution in [1.82, 2.24) is 15.5 Å². The molecule has 0 spiro atoms. The lowest BCUT2D eigenvalue weighted by molar-refractivity contribution is 0.178. The van der Waals surface area contributed by atoms with Crippen molar-refractivity contribution < 1.29 is 0 Å². The normalized spacial score (nSPS) is 13.0. The van der Waals surface area contributed by atoms with E-state index in [1.165, 1.54) is 0 Å². The second-order valence-electron chi connectivity index (χ2n) is 5.22. The molecule has 0 fully saturated rings. The molecule has 17 heavy (non-hydrogen) atoms. The summed E-state index contributed by atoms with van der Waals surface area (Å²) in [6.07, 6.45) is 0. The Kier molecular flexibility index (Phi) is 7.96. The predicted molar refractivity (Wildman–Crippen MR) is 76.6 cm³/mol. The van der Waals surface area contributed by atoms with Crippen LogP contribution in [0, 0.1) is 0 Å². The number of aliphatic imine (C=N–C) groups is 1. The summed E-state index contributed by atoms with van der Waals surface area (Å²) in [7, 11) is 1.81. The second-order valence-corrected chi connectivity index (χ2v) is 5.22. The van der Waals surface area contributed by atoms with Gasteiger partial charge in [-0.05, 0) is 41.5 Å². The molecule has 0 unspecified atom stereocenters. The Balaban J connectivity index is 4.02. The fourth-order valence-corrected chi connectivity index (χ4v) is 1.88. The van der Waals surface area contributed by atoms with Gasteiger partial charge in [-0.15, -0.1) is 0 Å². The van der Waals surface area contributed by atoms with Gasteiger partial charge in [0.15, 0.2) is 5.96 Å². The van der Waals surface area contributed by atoms with Crippen LogP contribution in [-0.4, -0.2) is 49.1 Å². The highest BCUT2D eigenvalue weighted by Gasteiger charge is 2.12. The number of rotatable bonds is 6. The quantitative estimate of drug-likeness (QED) is 0.550. The molecule has 0 amide bonds. The van der Waals surface area contributed by atoms with Gasteiger partial charge in [0.2, 0.25) is 0 Å². The summed E-state index contributed by atoms with van der Waals surface area (Å²) in [6.45, 7) is 15.1. The van der Waals surface area contributed by atoms with E-state index in [-0.39, 0.29) is 0 Å². The monoisotopic (exact) mass is 242 g/mol. The highest BCUT2D eigenvalue weighted by Crippen LogP contribution is 2.03. The second kappa shape index (κ2) is 8.34. The Morgan fingerprint density at radius 2 is 1.59 bits per heavy atom. The number of nitrogens with zero attached hydrogens (tertiary/aromatic N) is 2. The number of hydrogen-bond donors (Lipinski definition) is 2. The van der Waals surface area contributed by atoms with E-state index >= 15 is 0 Å². The van der Waals surface area contributed by atoms with Crippen molar-refractivity contribution >= 4 is 5.96 Å². The van der Waals surface area contributed by atoms with Gasteiger partial charge >= 0.3 is 0 Å². The SMILES string of the molecule is CN=C(NCCN(C(C)C)C(C)C)NC(C)C. The third-order valence-corrected chi connectivity index (χ3v) is 2.64. The van der Waals surface area contributed by atoms with Crippen molar-refractivity contribution in [2.24, 2.45) is 4.99 Å². The molecule has 0 rings (SSSR count). The topological polar surface area (TPSA) is 39.7 Å². The summed E-state index contributed by atoms with van der Waals surface area (Å²) in [6, 6.07) is 1.57. The van der Waals surface area contributed by atoms with Crippen molar-refractivity contribution in [2.75, 3.05) is 20.1 Å². The Hall–Kier alpha value is -0.770. The van der Waals surface area contributed by atoms with Crippen molar-refractivity contribution in [3.8, 4) is 0 Å². The molecule has 0 atom stereocenters. The molecule has 4 nitrogen and oxygen atoms in total. The third kappa shape index (κ3) is 7.21. The Morgan fingerprint density at radius 1 is 1.06 bits per heavy atom. The zero-order chi connectivity index (χ0) is 13.4. The summed E-state index contributed by atoms with van der Waals surface area (Å²) in [5, 5.41) is 6.62. The Morgan fingerprint density at radius 3 is 1.94 bits per heavy atom. The molecule has 0 saturated carbocycles. The molecular formula is C13H30N4. The van der Waals surface area contributed by atoms with E-state index in [2.05, 4.69) is 62.1 Å². The Labute approximate surface area is 107 Å². The maximum atomic E-state index is 4.19. The summed E-state index contributed by atoms with van der Waals surface area (Å²) in [5.41, 5.74) is 0. The minimum atomic E-state index is 0.410. The van der Waals surface area contributed by atoms with Crippen molar-refractivity contribution in [2.45, 2.75) is 59.7 Å². The van der Waals surface area contributed by atoms with Gasteiger partial charge in [0.1, 0.15) is 0 Å². The fraction of sp³-hybridized carbons (Fsp3) is 0.923. The minimum absolute atomic E-state index is 0.410. The molecule has 0 aromatic heterocycles. The molecule has 0 aliphatic carbocycles. The first-order valence-electron chi connectivity index (χ1n) is 6.61. The van der Waals surface area contributed by atoms with Crippen molar-refractivity contribution in [3.05, 3.63) is 0 Å². The molecule has 4 heteroatoms. The number of hydrogen-bond acceptors (Lipinski definition) is 2. The summed E-state index contributed by atoms with van der Waals surface area (Å²) < 4.78 is 0. The van der Waals surface area contributed by atoms with Gasteiger partial charge in [0, 0.05) is 38.3 Å². The molecule has 0 aromatic rings. The van der Waals surface area contributed by atoms with Crippen molar-refractivity contribution in [3.63, 3.8) is 0 Å². The van der Waals surface area contributed by atoms with E-state index in [0.29, 0.717) is 18.1 Å². The van der Waals surface area contributed by atoms with Crippen LogP contribution in [0.15, 0.2) is 4.99 Å². The third-order valence-electron chi connectivity index (χ3n) is 2.64. The number of guanidine groups is 1. The van der Waals surface area contributed by atoms with Crippen molar-refractivity contribution in [1.29, 1.82) is 0 Å². The van der Waals surface area contributed by atoms with Crippen LogP contribution >= 0.6 is 0 Å². The lowest BCUT2D eigenvalue weighted by Gasteiger charge is -2.30. The number of nitrogens with one attached hydrogen (secondary N) is 2. The van der Waals surface area contributed by atoms with E-state index in [1.54, 1.807) is 7.05 Å². The van der Waals surface area contributed by atoms with E-state index in [1.807, 2.05) is 0 Å². The van der Waals surface area contributed by atoms with Gasteiger partial charge in [0.05, 0.1) is 0 Å². The largest absolute Gasteiger partial charge is 0.355 e. The first-order valence-corrected chi connectivity index (χ1v) is 6.61. The van der Waals surface area contributed by atoms with Crippen LogP contribution in [0.1, 0.15) is 41.5 Å². The van der Waals surface area contributed by atoms with Gasteiger partial charge in [-0.2, -0.15) is 0 Å². The summed E-state index contributed by atoms with van der Waals surface area (Å²) in [5.74, 6) is 0.882. The van der Waals surface area contributed by atoms with Crippen LogP contribution in [0.25, 0.3) is 0 Å². The molecule has 0 radical (unpaired) electrons. The molecule has 0 saturated heterocycles. The minimum Gasteiger partial charge on any atom is -0.355 e. The fourth-order valence-electron chi connectivity index (χ4n) is 1.88. The van der Waals surface area contributed by atoms with Gasteiger partial charge < -0.3 is 10.6 Å². The predicted octanol–water partition coefficient (Wildman–Crippen LogP) is 1.68. The maximum Gasteiger partial charge on any atom is 0.191 e. The highest BCUT2D eigenvalue weighted by molar-refractivity contribution is 5.79. The molecule has 0 bridgehead atoms. The zero-order valence-electron chi connectivity index (χ0n) is 12.5. The van der Waals surface area contributed by atoms with E-state index < -0.39 is 0 Å². The standard InChI is InChI=1S/C13H30N4/c1-10(2)16-13(14-7)15-8-9-17(11(3)4)12(5)6/h10-12H,8-9H2,1-7H3,(H2,14,15,16). The van der Waals surface area contributed by atoms with Crippen LogP contribution in [0.3, 0.4) is 0 Å². The molecule has 2 N–H and O–H groups in total. The van der Waals surface area contributed by atoms with Crippen LogP contribution < -0.4 is 10.6 Å². The van der Waals surface area contributed by atoms with Gasteiger partial charge in [-0.1, -0.05) is 0 Å². The van der Waals surface area contributed by atoms with E-state index in [4.69, 9.17) is 0 Å². The van der Waals surface area contributed by atoms with Crippen LogP contribution in [0.2, 0.25) is 0 Å². The van der Waals surface area contributed by atoms with Gasteiger partial charge in [0.25, 0.3) is 0 Å². The molecule has 102 valence electrons. The molecular weight excluding hydrogens is 212 g/mol. The molecule has 0 aromatic carbocycles. The van der Waals surface area contributed by atoms with E-state index in [0.717, 1.165) is 19.0 Å². The zero-order valence-corrected chi connectivity index (χ0v) is 12.5. The first kappa shape index (κ1) is 16.2. The smallest absolute Gasteiger partial charge is 0.191 e. The average Bonchev–Trinajstić information content (AvgIpc) is 2.20. The maximum absolute atomic E-state index is 4.19. The Bertz CT molecular complexity index is 213. The average molecular weight is 242 g/mol. The van der Waals surface area contributed by atoms with Gasteiger partial charge in [-0.3, -0.25) is 9.89 Å². The highest BCUT2D eigenvalue weighted by atomic mass is 15.2.